The topological polar surface area (TPSA) is 228 Å². The van der Waals surface area contributed by atoms with E-state index in [2.05, 4.69) is 68.6 Å². The number of amides is 3. The van der Waals surface area contributed by atoms with E-state index < -0.39 is 44.2 Å². The Balaban J connectivity index is 0.898. The zero-order valence-electron chi connectivity index (χ0n) is 43.9. The SMILES string of the molecule is CN[C@@H](C)C(=O)N[C@H](C(=O)N1C[C@@H](Oc2cnc(N3CCN(CCOc4cc5ncnc(NN6CNC(C)=C6C)c5cc4S(=O)(=O)C(C)(C)C)CC3)nc2)C[C@H]1C(=O)N[C@@H]1CCCc2ccccc21)C(C)(C)C. The summed E-state index contributed by atoms with van der Waals surface area (Å²) in [5, 5.41) is 14.9. The molecule has 0 saturated carbocycles. The van der Waals surface area contributed by atoms with Crippen molar-refractivity contribution >= 4 is 50.2 Å². The number of aromatic nitrogens is 4. The lowest BCUT2D eigenvalue weighted by Crippen LogP contribution is -2.59. The van der Waals surface area contributed by atoms with Gasteiger partial charge in [0.1, 0.15) is 48.4 Å². The van der Waals surface area contributed by atoms with Gasteiger partial charge in [-0.2, -0.15) is 0 Å². The Labute approximate surface area is 429 Å². The number of aryl methyl sites for hydroxylation is 1. The summed E-state index contributed by atoms with van der Waals surface area (Å²) in [5.41, 5.74) is 7.56. The summed E-state index contributed by atoms with van der Waals surface area (Å²) < 4.78 is 39.7. The second kappa shape index (κ2) is 21.6. The molecule has 21 heteroatoms. The van der Waals surface area contributed by atoms with E-state index in [4.69, 9.17) is 9.47 Å². The Bertz CT molecular complexity index is 2810. The molecule has 3 amide bonds. The largest absolute Gasteiger partial charge is 0.491 e. The van der Waals surface area contributed by atoms with Crippen molar-refractivity contribution in [3.63, 3.8) is 0 Å². The first-order valence-corrected chi connectivity index (χ1v) is 26.8. The zero-order valence-corrected chi connectivity index (χ0v) is 44.7. The van der Waals surface area contributed by atoms with Crippen LogP contribution in [0.5, 0.6) is 11.5 Å². The number of ether oxygens (including phenoxy) is 2. The van der Waals surface area contributed by atoms with E-state index in [-0.39, 0.29) is 54.0 Å². The van der Waals surface area contributed by atoms with Gasteiger partial charge in [-0.05, 0) is 90.5 Å². The quantitative estimate of drug-likeness (QED) is 0.105. The molecule has 2 aromatic carbocycles. The van der Waals surface area contributed by atoms with E-state index in [0.29, 0.717) is 67.8 Å². The Morgan fingerprint density at radius 1 is 0.959 bits per heavy atom. The normalized spacial score (nSPS) is 20.6. The number of hydrazine groups is 1. The van der Waals surface area contributed by atoms with Crippen LogP contribution in [-0.4, -0.2) is 149 Å². The number of likely N-dealkylation sites (N-methyl/N-ethyl adjacent to an activating group) is 1. The molecule has 2 saturated heterocycles. The Morgan fingerprint density at radius 3 is 2.36 bits per heavy atom. The molecule has 0 spiro atoms. The Morgan fingerprint density at radius 2 is 1.68 bits per heavy atom. The second-order valence-electron chi connectivity index (χ2n) is 21.6. The summed E-state index contributed by atoms with van der Waals surface area (Å²) >= 11 is 0. The van der Waals surface area contributed by atoms with Gasteiger partial charge >= 0.3 is 0 Å². The molecule has 4 aromatic rings. The van der Waals surface area contributed by atoms with Crippen molar-refractivity contribution in [2.45, 2.75) is 128 Å². The summed E-state index contributed by atoms with van der Waals surface area (Å²) in [5.74, 6) is 0.770. The molecular formula is C52H73N13O7S. The third-order valence-corrected chi connectivity index (χ3v) is 17.0. The van der Waals surface area contributed by atoms with Gasteiger partial charge in [0.25, 0.3) is 0 Å². The monoisotopic (exact) mass is 1020 g/mol. The lowest BCUT2D eigenvalue weighted by molar-refractivity contribution is -0.144. The van der Waals surface area contributed by atoms with Crippen molar-refractivity contribution in [3.05, 3.63) is 77.6 Å². The molecule has 3 aliphatic heterocycles. The van der Waals surface area contributed by atoms with E-state index in [1.54, 1.807) is 64.2 Å². The highest BCUT2D eigenvalue weighted by Gasteiger charge is 2.46. The van der Waals surface area contributed by atoms with Gasteiger partial charge in [0.2, 0.25) is 23.7 Å². The minimum atomic E-state index is -3.84. The highest BCUT2D eigenvalue weighted by molar-refractivity contribution is 7.92. The number of benzene rings is 2. The fourth-order valence-electron chi connectivity index (χ4n) is 9.65. The third kappa shape index (κ3) is 11.7. The van der Waals surface area contributed by atoms with Crippen molar-refractivity contribution in [1.82, 2.24) is 56.0 Å². The maximum absolute atomic E-state index is 14.6. The molecule has 73 heavy (non-hydrogen) atoms. The molecule has 1 aliphatic carbocycles. The minimum Gasteiger partial charge on any atom is -0.491 e. The van der Waals surface area contributed by atoms with Crippen LogP contribution in [0.3, 0.4) is 0 Å². The van der Waals surface area contributed by atoms with Gasteiger partial charge in [0, 0.05) is 56.3 Å². The van der Waals surface area contributed by atoms with Crippen LogP contribution in [0, 0.1) is 5.41 Å². The number of rotatable bonds is 16. The van der Waals surface area contributed by atoms with E-state index in [9.17, 15) is 22.8 Å². The smallest absolute Gasteiger partial charge is 0.246 e. The molecule has 5 heterocycles. The summed E-state index contributed by atoms with van der Waals surface area (Å²) in [6.45, 7) is 20.6. The number of anilines is 2. The number of nitrogens with one attached hydrogen (secondary N) is 5. The molecule has 394 valence electrons. The fraction of sp³-hybridized carbons (Fsp3) is 0.558. The predicted octanol–water partition coefficient (Wildman–Crippen LogP) is 4.31. The van der Waals surface area contributed by atoms with Crippen molar-refractivity contribution in [2.75, 3.05) is 69.9 Å². The molecular weight excluding hydrogens is 951 g/mol. The number of piperazine rings is 1. The average Bonchev–Trinajstić information content (AvgIpc) is 3.93. The van der Waals surface area contributed by atoms with Crippen LogP contribution in [0.25, 0.3) is 10.9 Å². The Kier molecular flexibility index (Phi) is 15.7. The minimum absolute atomic E-state index is 0.0857. The van der Waals surface area contributed by atoms with E-state index in [0.717, 1.165) is 36.2 Å². The van der Waals surface area contributed by atoms with Crippen LogP contribution in [0.15, 0.2) is 71.4 Å². The van der Waals surface area contributed by atoms with Crippen molar-refractivity contribution < 1.29 is 32.3 Å². The number of sulfone groups is 1. The van der Waals surface area contributed by atoms with Gasteiger partial charge in [-0.25, -0.2) is 28.4 Å². The Hall–Kier alpha value is -6.32. The first kappa shape index (κ1) is 53.0. The van der Waals surface area contributed by atoms with Gasteiger partial charge in [-0.1, -0.05) is 45.0 Å². The number of hydrogen-bond donors (Lipinski definition) is 5. The van der Waals surface area contributed by atoms with Gasteiger partial charge in [-0.3, -0.25) is 29.7 Å². The van der Waals surface area contributed by atoms with Crippen LogP contribution < -0.4 is 41.1 Å². The van der Waals surface area contributed by atoms with Gasteiger partial charge in [0.05, 0.1) is 47.0 Å². The number of likely N-dealkylation sites (tertiary alicyclic amines) is 1. The molecule has 8 rings (SSSR count). The predicted molar refractivity (Wildman–Crippen MR) is 279 cm³/mol. The second-order valence-corrected chi connectivity index (χ2v) is 24.3. The number of allylic oxidation sites excluding steroid dienone is 2. The molecule has 20 nitrogen and oxygen atoms in total. The number of hydrogen-bond acceptors (Lipinski definition) is 17. The van der Waals surface area contributed by atoms with E-state index in [1.165, 1.54) is 11.9 Å². The van der Waals surface area contributed by atoms with Crippen molar-refractivity contribution in [2.24, 2.45) is 5.41 Å². The molecule has 5 N–H and O–H groups in total. The highest BCUT2D eigenvalue weighted by Crippen LogP contribution is 2.38. The third-order valence-electron chi connectivity index (χ3n) is 14.5. The summed E-state index contributed by atoms with van der Waals surface area (Å²) in [4.78, 5) is 66.3. The standard InChI is InChI=1S/C52H73N13O7S/c1-32-34(3)65(31-58-32)61-46-39-25-44(73(69,70)52(7,8)9)43(26-41(39)56-30-57-46)71-23-22-62-18-20-63(21-19-62)50-54-27-37(28-55-50)72-36-24-42(48(67)59-40-17-13-15-35-14-11-12-16-38(35)40)64(29-36)49(68)45(51(4,5)6)60-47(66)33(2)53-10/h11-12,14,16,25-28,30,33,36,40,42,45,53,58H,13,15,17-24,29,31H2,1-10H3,(H,59,67)(H,60,66)(H,56,57,61)/t33-,36-,40+,42-,45+/m0/s1. The van der Waals surface area contributed by atoms with Gasteiger partial charge in [-0.15, -0.1) is 0 Å². The summed E-state index contributed by atoms with van der Waals surface area (Å²) in [7, 11) is -2.15. The van der Waals surface area contributed by atoms with Gasteiger partial charge in [0.15, 0.2) is 21.4 Å². The fourth-order valence-corrected chi connectivity index (χ4v) is 11.0. The van der Waals surface area contributed by atoms with Crippen LogP contribution in [0.4, 0.5) is 11.8 Å². The van der Waals surface area contributed by atoms with Crippen molar-refractivity contribution in [1.29, 1.82) is 0 Å². The number of nitrogens with zero attached hydrogens (tertiary/aromatic N) is 8. The molecule has 0 unspecified atom stereocenters. The van der Waals surface area contributed by atoms with E-state index >= 15 is 0 Å². The number of carbonyl (C=O) groups excluding carboxylic acids is 3. The summed E-state index contributed by atoms with van der Waals surface area (Å²) in [6.07, 6.45) is 7.08. The molecule has 4 aliphatic rings. The molecule has 0 radical (unpaired) electrons. The first-order valence-electron chi connectivity index (χ1n) is 25.4. The van der Waals surface area contributed by atoms with Crippen LogP contribution in [0.1, 0.15) is 98.7 Å². The lowest BCUT2D eigenvalue weighted by Gasteiger charge is -2.36. The number of fused-ring (bicyclic) bond motifs is 2. The van der Waals surface area contributed by atoms with Crippen LogP contribution >= 0.6 is 0 Å². The number of carbonyl (C=O) groups is 3. The molecule has 0 bridgehead atoms. The maximum Gasteiger partial charge on any atom is 0.246 e. The van der Waals surface area contributed by atoms with Crippen LogP contribution in [-0.2, 0) is 30.6 Å². The zero-order chi connectivity index (χ0) is 52.4. The van der Waals surface area contributed by atoms with Gasteiger partial charge < -0.3 is 40.5 Å². The first-order chi connectivity index (χ1) is 34.6. The lowest BCUT2D eigenvalue weighted by atomic mass is 9.85. The molecule has 2 fully saturated rings. The molecule has 2 aromatic heterocycles. The molecule has 5 atom stereocenters. The van der Waals surface area contributed by atoms with Crippen molar-refractivity contribution in [3.8, 4) is 11.5 Å². The van der Waals surface area contributed by atoms with E-state index in [1.807, 2.05) is 51.8 Å². The van der Waals surface area contributed by atoms with Crippen LogP contribution in [0.2, 0.25) is 0 Å². The summed E-state index contributed by atoms with van der Waals surface area (Å²) in [6, 6.07) is 9.02. The maximum atomic E-state index is 14.6. The average molecular weight is 1020 g/mol. The highest BCUT2D eigenvalue weighted by atomic mass is 32.2.